The SMILES string of the molecule is CCC1(CC)c2ccccc2-c2c1cc1ccccc1c2N(c1ccc(-c2ccccc2)cc1)c1ccc(-c2ccccc2)cc1-c1ccccc1. The molecular formula is C51H41N. The molecule has 0 unspecified atom stereocenters. The topological polar surface area (TPSA) is 3.24 Å². The van der Waals surface area contributed by atoms with Gasteiger partial charge >= 0.3 is 0 Å². The molecule has 0 spiro atoms. The van der Waals surface area contributed by atoms with Crippen LogP contribution in [-0.4, -0.2) is 0 Å². The van der Waals surface area contributed by atoms with Gasteiger partial charge in [0.1, 0.15) is 0 Å². The average Bonchev–Trinajstić information content (AvgIpc) is 3.51. The van der Waals surface area contributed by atoms with Gasteiger partial charge in [-0.1, -0.05) is 172 Å². The average molecular weight is 668 g/mol. The first kappa shape index (κ1) is 31.8. The van der Waals surface area contributed by atoms with Crippen molar-refractivity contribution in [3.63, 3.8) is 0 Å². The summed E-state index contributed by atoms with van der Waals surface area (Å²) in [7, 11) is 0. The first-order valence-electron chi connectivity index (χ1n) is 18.6. The van der Waals surface area contributed by atoms with Gasteiger partial charge in [-0.15, -0.1) is 0 Å². The normalized spacial score (nSPS) is 12.7. The van der Waals surface area contributed by atoms with Crippen LogP contribution >= 0.6 is 0 Å². The fourth-order valence-corrected chi connectivity index (χ4v) is 8.70. The predicted molar refractivity (Wildman–Crippen MR) is 222 cm³/mol. The van der Waals surface area contributed by atoms with Gasteiger partial charge in [0.15, 0.2) is 0 Å². The maximum Gasteiger partial charge on any atom is 0.0621 e. The standard InChI is InChI=1S/C51H41N/c1-3-51(4-2)46-27-17-16-26-44(46)49-47(51)35-41-24-14-15-25-43(41)50(49)52(42-31-28-38(29-32-42)36-18-8-5-9-19-36)48-33-30-40(37-20-10-6-11-21-37)34-45(48)39-22-12-7-13-23-39/h5-35H,3-4H2,1-2H3. The van der Waals surface area contributed by atoms with Gasteiger partial charge in [0.05, 0.1) is 11.4 Å². The monoisotopic (exact) mass is 667 g/mol. The van der Waals surface area contributed by atoms with Crippen molar-refractivity contribution in [3.05, 3.63) is 199 Å². The minimum atomic E-state index is -0.0625. The van der Waals surface area contributed by atoms with Gasteiger partial charge in [-0.25, -0.2) is 0 Å². The van der Waals surface area contributed by atoms with E-state index in [4.69, 9.17) is 0 Å². The van der Waals surface area contributed by atoms with E-state index < -0.39 is 0 Å². The van der Waals surface area contributed by atoms with Crippen molar-refractivity contribution in [3.8, 4) is 44.5 Å². The van der Waals surface area contributed by atoms with Crippen LogP contribution in [0.4, 0.5) is 17.1 Å². The molecule has 0 aliphatic heterocycles. The van der Waals surface area contributed by atoms with Crippen molar-refractivity contribution < 1.29 is 0 Å². The fourth-order valence-electron chi connectivity index (χ4n) is 8.70. The number of benzene rings is 8. The first-order chi connectivity index (χ1) is 25.7. The van der Waals surface area contributed by atoms with Gasteiger partial charge in [0.2, 0.25) is 0 Å². The van der Waals surface area contributed by atoms with E-state index in [1.54, 1.807) is 0 Å². The smallest absolute Gasteiger partial charge is 0.0621 e. The second kappa shape index (κ2) is 13.2. The summed E-state index contributed by atoms with van der Waals surface area (Å²) < 4.78 is 0. The quantitative estimate of drug-likeness (QED) is 0.156. The molecule has 250 valence electrons. The van der Waals surface area contributed by atoms with E-state index in [2.05, 4.69) is 207 Å². The third-order valence-electron chi connectivity index (χ3n) is 11.3. The van der Waals surface area contributed by atoms with Gasteiger partial charge in [0, 0.05) is 27.6 Å². The molecule has 0 aromatic heterocycles. The van der Waals surface area contributed by atoms with E-state index in [1.807, 2.05) is 0 Å². The Kier molecular flexibility index (Phi) is 8.05. The molecule has 8 aromatic carbocycles. The largest absolute Gasteiger partial charge is 0.309 e. The minimum absolute atomic E-state index is 0.0625. The van der Waals surface area contributed by atoms with Crippen LogP contribution in [0.5, 0.6) is 0 Å². The number of anilines is 3. The molecule has 8 aromatic rings. The van der Waals surface area contributed by atoms with Gasteiger partial charge in [-0.2, -0.15) is 0 Å². The summed E-state index contributed by atoms with van der Waals surface area (Å²) in [6.45, 7) is 4.72. The molecule has 0 saturated heterocycles. The Morgan fingerprint density at radius 2 is 0.962 bits per heavy atom. The van der Waals surface area contributed by atoms with Crippen LogP contribution in [0, 0.1) is 0 Å². The summed E-state index contributed by atoms with van der Waals surface area (Å²) in [5, 5.41) is 2.51. The van der Waals surface area contributed by atoms with E-state index in [9.17, 15) is 0 Å². The van der Waals surface area contributed by atoms with Crippen molar-refractivity contribution in [2.24, 2.45) is 0 Å². The molecule has 1 nitrogen and oxygen atoms in total. The molecule has 0 fully saturated rings. The van der Waals surface area contributed by atoms with Crippen LogP contribution in [0.1, 0.15) is 37.8 Å². The molecule has 0 amide bonds. The highest BCUT2D eigenvalue weighted by molar-refractivity contribution is 6.11. The lowest BCUT2D eigenvalue weighted by Crippen LogP contribution is -2.23. The summed E-state index contributed by atoms with van der Waals surface area (Å²) >= 11 is 0. The Labute approximate surface area is 307 Å². The molecule has 0 radical (unpaired) electrons. The van der Waals surface area contributed by atoms with Gasteiger partial charge < -0.3 is 4.90 Å². The van der Waals surface area contributed by atoms with Crippen LogP contribution in [0.25, 0.3) is 55.3 Å². The number of nitrogens with zero attached hydrogens (tertiary/aromatic N) is 1. The molecule has 0 N–H and O–H groups in total. The zero-order valence-corrected chi connectivity index (χ0v) is 29.8. The maximum absolute atomic E-state index is 2.56. The van der Waals surface area contributed by atoms with Crippen molar-refractivity contribution in [2.45, 2.75) is 32.1 Å². The van der Waals surface area contributed by atoms with Crippen molar-refractivity contribution >= 4 is 27.8 Å². The van der Waals surface area contributed by atoms with Crippen LogP contribution in [-0.2, 0) is 5.41 Å². The van der Waals surface area contributed by atoms with Crippen molar-refractivity contribution in [1.29, 1.82) is 0 Å². The third kappa shape index (κ3) is 5.16. The van der Waals surface area contributed by atoms with Gasteiger partial charge in [-0.05, 0) is 93.1 Å². The Bertz CT molecular complexity index is 2510. The zero-order chi connectivity index (χ0) is 35.1. The van der Waals surface area contributed by atoms with Crippen LogP contribution < -0.4 is 4.90 Å². The summed E-state index contributed by atoms with van der Waals surface area (Å²) in [4.78, 5) is 2.56. The molecule has 1 aliphatic carbocycles. The minimum Gasteiger partial charge on any atom is -0.309 e. The summed E-state index contributed by atoms with van der Waals surface area (Å²) in [6, 6.07) is 69.1. The zero-order valence-electron chi connectivity index (χ0n) is 29.8. The lowest BCUT2D eigenvalue weighted by molar-refractivity contribution is 0.491. The third-order valence-corrected chi connectivity index (χ3v) is 11.3. The van der Waals surface area contributed by atoms with Crippen molar-refractivity contribution in [1.82, 2.24) is 0 Å². The van der Waals surface area contributed by atoms with E-state index in [0.29, 0.717) is 0 Å². The van der Waals surface area contributed by atoms with Crippen LogP contribution in [0.15, 0.2) is 188 Å². The summed E-state index contributed by atoms with van der Waals surface area (Å²) in [6.07, 6.45) is 2.08. The Morgan fingerprint density at radius 3 is 1.63 bits per heavy atom. The lowest BCUT2D eigenvalue weighted by Gasteiger charge is -2.33. The molecule has 0 saturated carbocycles. The maximum atomic E-state index is 2.56. The van der Waals surface area contributed by atoms with Crippen LogP contribution in [0.3, 0.4) is 0 Å². The molecule has 0 atom stereocenters. The molecule has 9 rings (SSSR count). The highest BCUT2D eigenvalue weighted by Crippen LogP contribution is 2.59. The number of rotatable bonds is 8. The Balaban J connectivity index is 1.39. The molecule has 1 aliphatic rings. The first-order valence-corrected chi connectivity index (χ1v) is 18.6. The number of hydrogen-bond acceptors (Lipinski definition) is 1. The molecule has 0 bridgehead atoms. The highest BCUT2D eigenvalue weighted by Gasteiger charge is 2.43. The van der Waals surface area contributed by atoms with E-state index in [-0.39, 0.29) is 5.41 Å². The molecule has 1 heteroatoms. The molecule has 0 heterocycles. The lowest BCUT2D eigenvalue weighted by atomic mass is 9.73. The van der Waals surface area contributed by atoms with Gasteiger partial charge in [0.25, 0.3) is 0 Å². The second-order valence-electron chi connectivity index (χ2n) is 13.9. The summed E-state index contributed by atoms with van der Waals surface area (Å²) in [5.74, 6) is 0. The highest BCUT2D eigenvalue weighted by atomic mass is 15.1. The van der Waals surface area contributed by atoms with Crippen LogP contribution in [0.2, 0.25) is 0 Å². The van der Waals surface area contributed by atoms with E-state index >= 15 is 0 Å². The molecular weight excluding hydrogens is 627 g/mol. The second-order valence-corrected chi connectivity index (χ2v) is 13.9. The Morgan fingerprint density at radius 1 is 0.423 bits per heavy atom. The predicted octanol–water partition coefficient (Wildman–Crippen LogP) is 14.4. The molecule has 52 heavy (non-hydrogen) atoms. The van der Waals surface area contributed by atoms with E-state index in [0.717, 1.165) is 24.2 Å². The Hall–Kier alpha value is -6.18. The summed E-state index contributed by atoms with van der Waals surface area (Å²) in [5.41, 5.74) is 16.2. The number of fused-ring (bicyclic) bond motifs is 4. The fraction of sp³-hybridized carbons (Fsp3) is 0.0980. The van der Waals surface area contributed by atoms with E-state index in [1.165, 1.54) is 72.1 Å². The van der Waals surface area contributed by atoms with Crippen molar-refractivity contribution in [2.75, 3.05) is 4.90 Å². The number of hydrogen-bond donors (Lipinski definition) is 0. The van der Waals surface area contributed by atoms with Gasteiger partial charge in [-0.3, -0.25) is 0 Å².